The number of carbonyl (C=O) groups is 1. The van der Waals surface area contributed by atoms with E-state index in [1.807, 2.05) is 0 Å². The standard InChI is InChI=1S/C8H12N4OS/c9-7-5-6(11-14-7)8(13)12-3-1-10-2-4-12/h5,10H,1-4,9H2. The van der Waals surface area contributed by atoms with Gasteiger partial charge in [0.25, 0.3) is 5.91 Å². The zero-order chi connectivity index (χ0) is 9.97. The second kappa shape index (κ2) is 3.93. The summed E-state index contributed by atoms with van der Waals surface area (Å²) in [6.45, 7) is 3.20. The molecule has 0 bridgehead atoms. The highest BCUT2D eigenvalue weighted by molar-refractivity contribution is 7.10. The summed E-state index contributed by atoms with van der Waals surface area (Å²) in [5, 5.41) is 3.78. The maximum absolute atomic E-state index is 11.8. The van der Waals surface area contributed by atoms with Crippen molar-refractivity contribution in [2.75, 3.05) is 31.9 Å². The molecule has 3 N–H and O–H groups in total. The lowest BCUT2D eigenvalue weighted by Gasteiger charge is -2.26. The van der Waals surface area contributed by atoms with Crippen molar-refractivity contribution >= 4 is 22.4 Å². The first kappa shape index (κ1) is 9.42. The van der Waals surface area contributed by atoms with Crippen LogP contribution in [0.2, 0.25) is 0 Å². The van der Waals surface area contributed by atoms with E-state index in [1.165, 1.54) is 0 Å². The molecule has 0 radical (unpaired) electrons. The second-order valence-electron chi connectivity index (χ2n) is 3.16. The molecule has 0 aromatic carbocycles. The molecule has 0 aliphatic carbocycles. The van der Waals surface area contributed by atoms with Gasteiger partial charge in [-0.3, -0.25) is 4.79 Å². The van der Waals surface area contributed by atoms with Gasteiger partial charge in [-0.05, 0) is 11.5 Å². The molecule has 0 spiro atoms. The Morgan fingerprint density at radius 1 is 1.57 bits per heavy atom. The lowest BCUT2D eigenvalue weighted by molar-refractivity contribution is 0.0731. The number of nitrogens with zero attached hydrogens (tertiary/aromatic N) is 2. The number of hydrogen-bond donors (Lipinski definition) is 2. The lowest BCUT2D eigenvalue weighted by atomic mass is 10.3. The van der Waals surface area contributed by atoms with Crippen LogP contribution >= 0.6 is 11.5 Å². The minimum Gasteiger partial charge on any atom is -0.389 e. The number of anilines is 1. The van der Waals surface area contributed by atoms with E-state index in [-0.39, 0.29) is 5.91 Å². The Morgan fingerprint density at radius 2 is 2.29 bits per heavy atom. The van der Waals surface area contributed by atoms with Crippen LogP contribution in [-0.2, 0) is 0 Å². The number of nitrogens with two attached hydrogens (primary N) is 1. The van der Waals surface area contributed by atoms with Gasteiger partial charge in [-0.2, -0.15) is 4.37 Å². The molecule has 5 nitrogen and oxygen atoms in total. The molecule has 1 fully saturated rings. The fraction of sp³-hybridized carbons (Fsp3) is 0.500. The molecule has 1 saturated heterocycles. The smallest absolute Gasteiger partial charge is 0.273 e. The molecule has 6 heteroatoms. The Bertz CT molecular complexity index is 332. The SMILES string of the molecule is Nc1cc(C(=O)N2CCNCC2)ns1. The monoisotopic (exact) mass is 212 g/mol. The topological polar surface area (TPSA) is 71.2 Å². The van der Waals surface area contributed by atoms with Crippen LogP contribution in [0, 0.1) is 0 Å². The molecule has 0 unspecified atom stereocenters. The molecule has 2 heterocycles. The number of nitrogens with one attached hydrogen (secondary N) is 1. The minimum atomic E-state index is -0.0144. The van der Waals surface area contributed by atoms with Crippen molar-refractivity contribution in [3.05, 3.63) is 11.8 Å². The van der Waals surface area contributed by atoms with Crippen LogP contribution in [0.3, 0.4) is 0 Å². The van der Waals surface area contributed by atoms with E-state index in [0.717, 1.165) is 37.7 Å². The van der Waals surface area contributed by atoms with Crippen LogP contribution < -0.4 is 11.1 Å². The number of amides is 1. The molecular formula is C8H12N4OS. The molecule has 1 aromatic rings. The van der Waals surface area contributed by atoms with Crippen LogP contribution in [0.25, 0.3) is 0 Å². The summed E-state index contributed by atoms with van der Waals surface area (Å²) in [7, 11) is 0. The fourth-order valence-electron chi connectivity index (χ4n) is 1.42. The van der Waals surface area contributed by atoms with Crippen molar-refractivity contribution in [2.24, 2.45) is 0 Å². The van der Waals surface area contributed by atoms with Gasteiger partial charge in [0.2, 0.25) is 0 Å². The highest BCUT2D eigenvalue weighted by atomic mass is 32.1. The maximum atomic E-state index is 11.8. The minimum absolute atomic E-state index is 0.0144. The molecule has 1 aliphatic heterocycles. The first-order valence-electron chi connectivity index (χ1n) is 4.49. The number of piperazine rings is 1. The van der Waals surface area contributed by atoms with E-state index in [4.69, 9.17) is 5.73 Å². The Morgan fingerprint density at radius 3 is 2.86 bits per heavy atom. The summed E-state index contributed by atoms with van der Waals surface area (Å²) in [5.41, 5.74) is 5.99. The van der Waals surface area contributed by atoms with E-state index < -0.39 is 0 Å². The van der Waals surface area contributed by atoms with Crippen LogP contribution in [0.1, 0.15) is 10.5 Å². The zero-order valence-corrected chi connectivity index (χ0v) is 8.51. The van der Waals surface area contributed by atoms with Gasteiger partial charge >= 0.3 is 0 Å². The van der Waals surface area contributed by atoms with Crippen LogP contribution in [0.15, 0.2) is 6.07 Å². The normalized spacial score (nSPS) is 17.0. The average molecular weight is 212 g/mol. The van der Waals surface area contributed by atoms with Crippen LogP contribution in [0.4, 0.5) is 5.00 Å². The number of carbonyl (C=O) groups excluding carboxylic acids is 1. The van der Waals surface area contributed by atoms with E-state index in [2.05, 4.69) is 9.69 Å². The van der Waals surface area contributed by atoms with Crippen molar-refractivity contribution in [3.8, 4) is 0 Å². The number of rotatable bonds is 1. The summed E-state index contributed by atoms with van der Waals surface area (Å²) >= 11 is 1.16. The first-order valence-corrected chi connectivity index (χ1v) is 5.27. The lowest BCUT2D eigenvalue weighted by Crippen LogP contribution is -2.46. The zero-order valence-electron chi connectivity index (χ0n) is 7.69. The van der Waals surface area contributed by atoms with Gasteiger partial charge in [-0.15, -0.1) is 0 Å². The van der Waals surface area contributed by atoms with Crippen LogP contribution in [0.5, 0.6) is 0 Å². The molecule has 1 aliphatic rings. The highest BCUT2D eigenvalue weighted by Crippen LogP contribution is 2.13. The number of hydrogen-bond acceptors (Lipinski definition) is 5. The van der Waals surface area contributed by atoms with Crippen molar-refractivity contribution < 1.29 is 4.79 Å². The molecule has 1 amide bonds. The van der Waals surface area contributed by atoms with Crippen molar-refractivity contribution in [1.29, 1.82) is 0 Å². The van der Waals surface area contributed by atoms with Gasteiger partial charge in [0.15, 0.2) is 0 Å². The van der Waals surface area contributed by atoms with Gasteiger partial charge in [-0.1, -0.05) is 0 Å². The number of aromatic nitrogens is 1. The number of nitrogen functional groups attached to an aromatic ring is 1. The average Bonchev–Trinajstić information content (AvgIpc) is 2.65. The third-order valence-corrected chi connectivity index (χ3v) is 2.77. The summed E-state index contributed by atoms with van der Waals surface area (Å²) in [6, 6.07) is 1.63. The summed E-state index contributed by atoms with van der Waals surface area (Å²) < 4.78 is 4.00. The quantitative estimate of drug-likeness (QED) is 0.674. The molecule has 0 saturated carbocycles. The third kappa shape index (κ3) is 1.85. The molecule has 1 aromatic heterocycles. The third-order valence-electron chi connectivity index (χ3n) is 2.15. The largest absolute Gasteiger partial charge is 0.389 e. The molecule has 2 rings (SSSR count). The Kier molecular flexibility index (Phi) is 2.64. The Labute approximate surface area is 86.1 Å². The van der Waals surface area contributed by atoms with Gasteiger partial charge < -0.3 is 16.0 Å². The predicted molar refractivity (Wildman–Crippen MR) is 55.3 cm³/mol. The highest BCUT2D eigenvalue weighted by Gasteiger charge is 2.19. The Hall–Kier alpha value is -1.14. The summed E-state index contributed by atoms with van der Waals surface area (Å²) in [6.07, 6.45) is 0. The van der Waals surface area contributed by atoms with Gasteiger partial charge in [0.1, 0.15) is 10.7 Å². The van der Waals surface area contributed by atoms with E-state index in [9.17, 15) is 4.79 Å². The molecular weight excluding hydrogens is 200 g/mol. The summed E-state index contributed by atoms with van der Waals surface area (Å²) in [5.74, 6) is -0.0144. The predicted octanol–water partition coefficient (Wildman–Crippen LogP) is -0.229. The van der Waals surface area contributed by atoms with Gasteiger partial charge in [0, 0.05) is 32.2 Å². The molecule has 76 valence electrons. The van der Waals surface area contributed by atoms with Crippen molar-refractivity contribution in [3.63, 3.8) is 0 Å². The van der Waals surface area contributed by atoms with Gasteiger partial charge in [0.05, 0.1) is 0 Å². The van der Waals surface area contributed by atoms with Crippen LogP contribution in [-0.4, -0.2) is 41.4 Å². The maximum Gasteiger partial charge on any atom is 0.273 e. The second-order valence-corrected chi connectivity index (χ2v) is 3.99. The van der Waals surface area contributed by atoms with Crippen molar-refractivity contribution in [2.45, 2.75) is 0 Å². The van der Waals surface area contributed by atoms with Gasteiger partial charge in [-0.25, -0.2) is 0 Å². The first-order chi connectivity index (χ1) is 6.77. The molecule has 0 atom stereocenters. The van der Waals surface area contributed by atoms with Crippen molar-refractivity contribution in [1.82, 2.24) is 14.6 Å². The van der Waals surface area contributed by atoms with E-state index >= 15 is 0 Å². The molecule has 14 heavy (non-hydrogen) atoms. The summed E-state index contributed by atoms with van der Waals surface area (Å²) in [4.78, 5) is 13.6. The Balaban J connectivity index is 2.07. The fourth-order valence-corrected chi connectivity index (χ4v) is 1.92. The van der Waals surface area contributed by atoms with E-state index in [1.54, 1.807) is 11.0 Å². The van der Waals surface area contributed by atoms with E-state index in [0.29, 0.717) is 10.7 Å².